The van der Waals surface area contributed by atoms with Crippen LogP contribution in [0.25, 0.3) is 0 Å². The molecule has 1 saturated carbocycles. The van der Waals surface area contributed by atoms with Gasteiger partial charge in [-0.2, -0.15) is 4.37 Å². The van der Waals surface area contributed by atoms with E-state index in [1.165, 1.54) is 37.2 Å². The Labute approximate surface area is 112 Å². The number of fused-ring (bicyclic) bond motifs is 1. The summed E-state index contributed by atoms with van der Waals surface area (Å²) in [6, 6.07) is 0.527. The van der Waals surface area contributed by atoms with Crippen molar-refractivity contribution in [1.82, 2.24) is 9.36 Å². The van der Waals surface area contributed by atoms with Crippen molar-refractivity contribution in [3.05, 3.63) is 5.82 Å². The number of nitrogens with one attached hydrogen (secondary N) is 1. The summed E-state index contributed by atoms with van der Waals surface area (Å²) < 4.78 is 10.2. The van der Waals surface area contributed by atoms with Gasteiger partial charge in [0.15, 0.2) is 0 Å². The number of ether oxygens (including phenoxy) is 1. The summed E-state index contributed by atoms with van der Waals surface area (Å²) in [5.41, 5.74) is 0. The molecule has 1 aromatic rings. The summed E-state index contributed by atoms with van der Waals surface area (Å²) in [5, 5.41) is 4.58. The quantitative estimate of drug-likeness (QED) is 0.914. The van der Waals surface area contributed by atoms with Gasteiger partial charge in [0.25, 0.3) is 0 Å². The van der Waals surface area contributed by atoms with Crippen LogP contribution < -0.4 is 5.32 Å². The summed E-state index contributed by atoms with van der Waals surface area (Å²) in [5.74, 6) is 2.04. The van der Waals surface area contributed by atoms with Crippen LogP contribution in [0, 0.1) is 5.92 Å². The van der Waals surface area contributed by atoms with Crippen LogP contribution in [0.3, 0.4) is 0 Å². The fourth-order valence-electron chi connectivity index (χ4n) is 3.04. The van der Waals surface area contributed by atoms with E-state index in [0.717, 1.165) is 17.6 Å². The van der Waals surface area contributed by atoms with Gasteiger partial charge in [-0.25, -0.2) is 4.98 Å². The Bertz CT molecular complexity index is 407. The highest BCUT2D eigenvalue weighted by molar-refractivity contribution is 7.09. The van der Waals surface area contributed by atoms with Crippen LogP contribution in [0.1, 0.15) is 51.3 Å². The van der Waals surface area contributed by atoms with E-state index in [1.807, 2.05) is 0 Å². The zero-order chi connectivity index (χ0) is 12.5. The van der Waals surface area contributed by atoms with Crippen molar-refractivity contribution < 1.29 is 4.74 Å². The first kappa shape index (κ1) is 12.4. The Kier molecular flexibility index (Phi) is 3.52. The minimum atomic E-state index is 0.408. The Morgan fingerprint density at radius 1 is 1.33 bits per heavy atom. The van der Waals surface area contributed by atoms with E-state index in [0.29, 0.717) is 24.0 Å². The molecule has 3 unspecified atom stereocenters. The van der Waals surface area contributed by atoms with E-state index in [4.69, 9.17) is 4.74 Å². The highest BCUT2D eigenvalue weighted by Gasteiger charge is 2.37. The van der Waals surface area contributed by atoms with Gasteiger partial charge in [0.05, 0.1) is 6.10 Å². The number of nitrogens with zero attached hydrogens (tertiary/aromatic N) is 2. The predicted octanol–water partition coefficient (Wildman–Crippen LogP) is 3.03. The molecule has 0 amide bonds. The van der Waals surface area contributed by atoms with Crippen LogP contribution in [0.15, 0.2) is 0 Å². The Hall–Kier alpha value is -0.680. The standard InChI is InChI=1S/C13H21N3OS/c1-8(2)12-15-13(18-16-12)14-10-4-3-5-11-9(10)6-7-17-11/h8-11H,3-7H2,1-2H3,(H,14,15,16). The van der Waals surface area contributed by atoms with Gasteiger partial charge in [0, 0.05) is 36.0 Å². The molecule has 3 rings (SSSR count). The molecule has 18 heavy (non-hydrogen) atoms. The monoisotopic (exact) mass is 267 g/mol. The normalized spacial score (nSPS) is 31.6. The number of hydrogen-bond acceptors (Lipinski definition) is 5. The number of aromatic nitrogens is 2. The van der Waals surface area contributed by atoms with Crippen molar-refractivity contribution in [3.8, 4) is 0 Å². The van der Waals surface area contributed by atoms with E-state index >= 15 is 0 Å². The van der Waals surface area contributed by atoms with Gasteiger partial charge in [-0.15, -0.1) is 0 Å². The third-order valence-corrected chi connectivity index (χ3v) is 4.71. The Balaban J connectivity index is 1.67. The fraction of sp³-hybridized carbons (Fsp3) is 0.846. The largest absolute Gasteiger partial charge is 0.378 e. The average molecular weight is 267 g/mol. The maximum absolute atomic E-state index is 5.80. The first-order valence-electron chi connectivity index (χ1n) is 6.96. The molecular weight excluding hydrogens is 246 g/mol. The first-order valence-corrected chi connectivity index (χ1v) is 7.73. The minimum Gasteiger partial charge on any atom is -0.378 e. The molecule has 3 atom stereocenters. The number of rotatable bonds is 3. The van der Waals surface area contributed by atoms with Gasteiger partial charge >= 0.3 is 0 Å². The Morgan fingerprint density at radius 2 is 2.22 bits per heavy atom. The second-order valence-corrected chi connectivity index (χ2v) is 6.41. The SMILES string of the molecule is CC(C)c1nsc(NC2CCCC3OCCC23)n1. The molecule has 100 valence electrons. The molecule has 1 aliphatic heterocycles. The van der Waals surface area contributed by atoms with E-state index in [2.05, 4.69) is 28.5 Å². The molecule has 2 aliphatic rings. The molecule has 1 aromatic heterocycles. The maximum atomic E-state index is 5.80. The van der Waals surface area contributed by atoms with E-state index in [1.54, 1.807) is 0 Å². The van der Waals surface area contributed by atoms with Crippen molar-refractivity contribution in [1.29, 1.82) is 0 Å². The lowest BCUT2D eigenvalue weighted by Gasteiger charge is -2.32. The summed E-state index contributed by atoms with van der Waals surface area (Å²) in [6.45, 7) is 5.20. The van der Waals surface area contributed by atoms with Crippen molar-refractivity contribution >= 4 is 16.7 Å². The lowest BCUT2D eigenvalue weighted by molar-refractivity contribution is 0.0620. The molecule has 0 spiro atoms. The van der Waals surface area contributed by atoms with Crippen LogP contribution in [-0.2, 0) is 4.74 Å². The second kappa shape index (κ2) is 5.13. The van der Waals surface area contributed by atoms with Gasteiger partial charge in [-0.3, -0.25) is 0 Å². The smallest absolute Gasteiger partial charge is 0.202 e. The summed E-state index contributed by atoms with van der Waals surface area (Å²) >= 11 is 1.49. The molecule has 0 bridgehead atoms. The van der Waals surface area contributed by atoms with Crippen LogP contribution in [0.4, 0.5) is 5.13 Å². The molecule has 1 aliphatic carbocycles. The topological polar surface area (TPSA) is 47.0 Å². The molecule has 4 nitrogen and oxygen atoms in total. The zero-order valence-corrected chi connectivity index (χ0v) is 11.9. The molecule has 0 aromatic carbocycles. The van der Waals surface area contributed by atoms with E-state index in [-0.39, 0.29) is 0 Å². The molecule has 1 saturated heterocycles. The van der Waals surface area contributed by atoms with Gasteiger partial charge in [-0.1, -0.05) is 13.8 Å². The van der Waals surface area contributed by atoms with Crippen molar-refractivity contribution in [2.24, 2.45) is 5.92 Å². The summed E-state index contributed by atoms with van der Waals surface area (Å²) in [6.07, 6.45) is 5.40. The summed E-state index contributed by atoms with van der Waals surface area (Å²) in [4.78, 5) is 4.57. The van der Waals surface area contributed by atoms with E-state index in [9.17, 15) is 0 Å². The third-order valence-electron chi connectivity index (χ3n) is 4.05. The molecule has 5 heteroatoms. The number of hydrogen-bond donors (Lipinski definition) is 1. The highest BCUT2D eigenvalue weighted by Crippen LogP contribution is 2.36. The second-order valence-electron chi connectivity index (χ2n) is 5.66. The molecule has 2 heterocycles. The molecular formula is C13H21N3OS. The van der Waals surface area contributed by atoms with Gasteiger partial charge in [0.1, 0.15) is 5.82 Å². The highest BCUT2D eigenvalue weighted by atomic mass is 32.1. The van der Waals surface area contributed by atoms with Gasteiger partial charge in [0.2, 0.25) is 5.13 Å². The van der Waals surface area contributed by atoms with E-state index < -0.39 is 0 Å². The maximum Gasteiger partial charge on any atom is 0.202 e. The van der Waals surface area contributed by atoms with Crippen molar-refractivity contribution in [2.45, 2.75) is 57.6 Å². The van der Waals surface area contributed by atoms with Crippen LogP contribution in [-0.4, -0.2) is 28.1 Å². The number of anilines is 1. The molecule has 0 radical (unpaired) electrons. The van der Waals surface area contributed by atoms with Crippen molar-refractivity contribution in [3.63, 3.8) is 0 Å². The van der Waals surface area contributed by atoms with Gasteiger partial charge in [-0.05, 0) is 25.7 Å². The lowest BCUT2D eigenvalue weighted by atomic mass is 9.82. The fourth-order valence-corrected chi connectivity index (χ4v) is 3.81. The third kappa shape index (κ3) is 2.38. The van der Waals surface area contributed by atoms with Crippen molar-refractivity contribution in [2.75, 3.05) is 11.9 Å². The Morgan fingerprint density at radius 3 is 3.00 bits per heavy atom. The van der Waals surface area contributed by atoms with Gasteiger partial charge < -0.3 is 10.1 Å². The summed E-state index contributed by atoms with van der Waals surface area (Å²) in [7, 11) is 0. The predicted molar refractivity (Wildman–Crippen MR) is 73.1 cm³/mol. The first-order chi connectivity index (χ1) is 8.74. The lowest BCUT2D eigenvalue weighted by Crippen LogP contribution is -2.38. The zero-order valence-electron chi connectivity index (χ0n) is 11.1. The van der Waals surface area contributed by atoms with Crippen LogP contribution in [0.5, 0.6) is 0 Å². The van der Waals surface area contributed by atoms with Crippen LogP contribution >= 0.6 is 11.5 Å². The van der Waals surface area contributed by atoms with Crippen LogP contribution in [0.2, 0.25) is 0 Å². The molecule has 2 fully saturated rings. The minimum absolute atomic E-state index is 0.408. The average Bonchev–Trinajstić information content (AvgIpc) is 2.97. The molecule has 1 N–H and O–H groups in total.